The Bertz CT molecular complexity index is 1030. The minimum Gasteiger partial charge on any atom is -0.448 e. The quantitative estimate of drug-likeness (QED) is 0.309. The molecule has 0 saturated carbocycles. The maximum Gasteiger partial charge on any atom is 0.349 e. The van der Waals surface area contributed by atoms with Gasteiger partial charge in [0, 0.05) is 22.6 Å². The molecule has 9 heteroatoms. The second-order valence-electron chi connectivity index (χ2n) is 7.27. The van der Waals surface area contributed by atoms with Gasteiger partial charge in [0.2, 0.25) is 5.89 Å². The number of hydrogen-bond donors (Lipinski definition) is 0. The van der Waals surface area contributed by atoms with E-state index < -0.39 is 17.0 Å². The predicted molar refractivity (Wildman–Crippen MR) is 110 cm³/mol. The Morgan fingerprint density at radius 1 is 1.17 bits per heavy atom. The van der Waals surface area contributed by atoms with E-state index in [9.17, 15) is 14.9 Å². The van der Waals surface area contributed by atoms with Gasteiger partial charge in [-0.3, -0.25) is 10.1 Å². The molecule has 2 heterocycles. The Morgan fingerprint density at radius 3 is 2.63 bits per heavy atom. The molecule has 1 unspecified atom stereocenters. The van der Waals surface area contributed by atoms with Crippen molar-refractivity contribution in [1.29, 1.82) is 0 Å². The van der Waals surface area contributed by atoms with E-state index in [1.807, 2.05) is 6.07 Å². The molecule has 0 radical (unpaired) electrons. The molecule has 0 amide bonds. The molecule has 1 aromatic carbocycles. The van der Waals surface area contributed by atoms with Crippen LogP contribution in [0, 0.1) is 10.1 Å². The molecule has 0 saturated heterocycles. The van der Waals surface area contributed by atoms with Crippen LogP contribution in [0.3, 0.4) is 0 Å². The van der Waals surface area contributed by atoms with Gasteiger partial charge in [-0.15, -0.1) is 21.5 Å². The van der Waals surface area contributed by atoms with Crippen LogP contribution in [-0.4, -0.2) is 21.1 Å². The standard InChI is InChI=1S/C21H21N3O5S/c1-13(19-22-23-20(29-19)14-8-10-16(11-9-14)24(26)27)28-21(25)18-12-15-6-4-2-3-5-7-17(15)30-18/h8-13H,2-7H2,1H3. The summed E-state index contributed by atoms with van der Waals surface area (Å²) in [6.07, 6.45) is 6.11. The van der Waals surface area contributed by atoms with Gasteiger partial charge in [0.25, 0.3) is 11.6 Å². The van der Waals surface area contributed by atoms with Crippen molar-refractivity contribution in [3.05, 3.63) is 61.7 Å². The van der Waals surface area contributed by atoms with E-state index in [2.05, 4.69) is 10.2 Å². The lowest BCUT2D eigenvalue weighted by Crippen LogP contribution is -2.08. The molecule has 0 fully saturated rings. The van der Waals surface area contributed by atoms with E-state index in [0.717, 1.165) is 25.7 Å². The summed E-state index contributed by atoms with van der Waals surface area (Å²) in [5.41, 5.74) is 1.79. The molecule has 156 valence electrons. The Balaban J connectivity index is 1.44. The highest BCUT2D eigenvalue weighted by Crippen LogP contribution is 2.30. The molecule has 0 spiro atoms. The summed E-state index contributed by atoms with van der Waals surface area (Å²) in [5.74, 6) is -0.0113. The number of thiophene rings is 1. The number of carbonyl (C=O) groups is 1. The van der Waals surface area contributed by atoms with E-state index in [0.29, 0.717) is 10.4 Å². The number of non-ortho nitro benzene ring substituents is 1. The number of aromatic nitrogens is 2. The van der Waals surface area contributed by atoms with Crippen molar-refractivity contribution in [3.63, 3.8) is 0 Å². The van der Waals surface area contributed by atoms with Gasteiger partial charge >= 0.3 is 5.97 Å². The number of carbonyl (C=O) groups excluding carboxylic acids is 1. The average Bonchev–Trinajstić information content (AvgIpc) is 3.35. The SMILES string of the molecule is CC(OC(=O)c1cc2c(s1)CCCCCC2)c1nnc(-c2ccc([N+](=O)[O-])cc2)o1. The summed E-state index contributed by atoms with van der Waals surface area (Å²) >= 11 is 1.51. The zero-order chi connectivity index (χ0) is 21.1. The number of hydrogen-bond acceptors (Lipinski definition) is 8. The first-order valence-electron chi connectivity index (χ1n) is 9.92. The fourth-order valence-corrected chi connectivity index (χ4v) is 4.59. The fourth-order valence-electron chi connectivity index (χ4n) is 3.46. The lowest BCUT2D eigenvalue weighted by atomic mass is 10.00. The Morgan fingerprint density at radius 2 is 1.90 bits per heavy atom. The summed E-state index contributed by atoms with van der Waals surface area (Å²) in [7, 11) is 0. The molecule has 2 aromatic heterocycles. The van der Waals surface area contributed by atoms with E-state index in [1.165, 1.54) is 58.9 Å². The van der Waals surface area contributed by atoms with Crippen LogP contribution in [0.5, 0.6) is 0 Å². The first-order valence-corrected chi connectivity index (χ1v) is 10.7. The van der Waals surface area contributed by atoms with Crippen molar-refractivity contribution in [2.75, 3.05) is 0 Å². The fraction of sp³-hybridized carbons (Fsp3) is 0.381. The highest BCUT2D eigenvalue weighted by molar-refractivity contribution is 7.14. The van der Waals surface area contributed by atoms with Gasteiger partial charge in [0.05, 0.1) is 4.92 Å². The van der Waals surface area contributed by atoms with Gasteiger partial charge in [-0.25, -0.2) is 4.79 Å². The molecule has 3 aromatic rings. The van der Waals surface area contributed by atoms with E-state index in [-0.39, 0.29) is 17.5 Å². The van der Waals surface area contributed by atoms with E-state index in [4.69, 9.17) is 9.15 Å². The maximum atomic E-state index is 12.6. The number of esters is 1. The molecule has 0 bridgehead atoms. The van der Waals surface area contributed by atoms with Crippen LogP contribution in [0.4, 0.5) is 5.69 Å². The number of rotatable bonds is 5. The van der Waals surface area contributed by atoms with Crippen molar-refractivity contribution < 1.29 is 18.9 Å². The smallest absolute Gasteiger partial charge is 0.349 e. The summed E-state index contributed by atoms with van der Waals surface area (Å²) < 4.78 is 11.2. The Hall–Kier alpha value is -3.07. The van der Waals surface area contributed by atoms with E-state index >= 15 is 0 Å². The molecule has 4 rings (SSSR count). The number of ether oxygens (including phenoxy) is 1. The first-order chi connectivity index (χ1) is 14.5. The molecule has 1 aliphatic carbocycles. The van der Waals surface area contributed by atoms with Crippen LogP contribution < -0.4 is 0 Å². The van der Waals surface area contributed by atoms with Crippen LogP contribution in [0.1, 0.15) is 64.7 Å². The second-order valence-corrected chi connectivity index (χ2v) is 8.41. The van der Waals surface area contributed by atoms with Crippen molar-refractivity contribution in [3.8, 4) is 11.5 Å². The first kappa shape index (κ1) is 20.2. The summed E-state index contributed by atoms with van der Waals surface area (Å²) in [6.45, 7) is 1.68. The third kappa shape index (κ3) is 4.40. The van der Waals surface area contributed by atoms with Gasteiger partial charge in [0.15, 0.2) is 6.10 Å². The monoisotopic (exact) mass is 427 g/mol. The Labute approximate surface area is 177 Å². The minimum atomic E-state index is -0.707. The van der Waals surface area contributed by atoms with Gasteiger partial charge in [-0.05, 0) is 56.4 Å². The summed E-state index contributed by atoms with van der Waals surface area (Å²) in [6, 6.07) is 7.76. The molecule has 1 atom stereocenters. The molecule has 0 aliphatic heterocycles. The van der Waals surface area contributed by atoms with Gasteiger partial charge in [0.1, 0.15) is 4.88 Å². The van der Waals surface area contributed by atoms with Crippen molar-refractivity contribution in [1.82, 2.24) is 10.2 Å². The molecule has 0 N–H and O–H groups in total. The van der Waals surface area contributed by atoms with Gasteiger partial charge < -0.3 is 9.15 Å². The lowest BCUT2D eigenvalue weighted by molar-refractivity contribution is -0.384. The highest BCUT2D eigenvalue weighted by Gasteiger charge is 2.23. The largest absolute Gasteiger partial charge is 0.448 e. The predicted octanol–water partition coefficient (Wildman–Crippen LogP) is 5.28. The number of fused-ring (bicyclic) bond motifs is 1. The van der Waals surface area contributed by atoms with Crippen LogP contribution >= 0.6 is 11.3 Å². The van der Waals surface area contributed by atoms with Crippen LogP contribution in [0.15, 0.2) is 34.7 Å². The average molecular weight is 427 g/mol. The number of benzene rings is 1. The third-order valence-electron chi connectivity index (χ3n) is 5.10. The summed E-state index contributed by atoms with van der Waals surface area (Å²) in [4.78, 5) is 24.8. The zero-order valence-electron chi connectivity index (χ0n) is 16.5. The van der Waals surface area contributed by atoms with Crippen molar-refractivity contribution in [2.45, 2.75) is 51.6 Å². The van der Waals surface area contributed by atoms with Crippen LogP contribution in [0.25, 0.3) is 11.5 Å². The van der Waals surface area contributed by atoms with Crippen LogP contribution in [0.2, 0.25) is 0 Å². The molecule has 30 heavy (non-hydrogen) atoms. The highest BCUT2D eigenvalue weighted by atomic mass is 32.1. The zero-order valence-corrected chi connectivity index (χ0v) is 17.3. The lowest BCUT2D eigenvalue weighted by Gasteiger charge is -2.08. The molecule has 8 nitrogen and oxygen atoms in total. The molecular weight excluding hydrogens is 406 g/mol. The number of nitrogens with zero attached hydrogens (tertiary/aromatic N) is 3. The van der Waals surface area contributed by atoms with Gasteiger partial charge in [-0.2, -0.15) is 0 Å². The molecule has 1 aliphatic rings. The Kier molecular flexibility index (Phi) is 5.89. The van der Waals surface area contributed by atoms with Crippen molar-refractivity contribution in [2.24, 2.45) is 0 Å². The molecular formula is C21H21N3O5S. The van der Waals surface area contributed by atoms with Crippen LogP contribution in [-0.2, 0) is 17.6 Å². The topological polar surface area (TPSA) is 108 Å². The summed E-state index contributed by atoms with van der Waals surface area (Å²) in [5, 5.41) is 18.7. The second kappa shape index (κ2) is 8.74. The van der Waals surface area contributed by atoms with Crippen molar-refractivity contribution >= 4 is 23.0 Å². The minimum absolute atomic E-state index is 0.0224. The van der Waals surface area contributed by atoms with Gasteiger partial charge in [-0.1, -0.05) is 12.8 Å². The number of nitro groups is 1. The normalized spacial score (nSPS) is 15.0. The number of aryl methyl sites for hydroxylation is 2. The van der Waals surface area contributed by atoms with E-state index in [1.54, 1.807) is 6.92 Å². The maximum absolute atomic E-state index is 12.6. The third-order valence-corrected chi connectivity index (χ3v) is 6.31. The number of nitro benzene ring substituents is 1.